The number of pyridine rings is 1. The van der Waals surface area contributed by atoms with E-state index in [2.05, 4.69) is 15.6 Å². The number of nitrogens with zero attached hydrogens (tertiary/aromatic N) is 2. The number of hydrogen-bond donors (Lipinski definition) is 2. The minimum atomic E-state index is -0.440. The normalized spacial score (nSPS) is 38.4. The summed E-state index contributed by atoms with van der Waals surface area (Å²) in [5.74, 6) is 3.04. The van der Waals surface area contributed by atoms with Crippen LogP contribution in [0.25, 0.3) is 0 Å². The minimum Gasteiger partial charge on any atom is -0.335 e. The number of rotatable bonds is 3. The molecule has 25 heavy (non-hydrogen) atoms. The van der Waals surface area contributed by atoms with Gasteiger partial charge in [0.05, 0.1) is 11.9 Å². The lowest BCUT2D eigenvalue weighted by Crippen LogP contribution is -2.55. The molecule has 3 saturated carbocycles. The first kappa shape index (κ1) is 15.2. The molecular formula is C19H24N4O2. The number of urea groups is 1. The smallest absolute Gasteiger partial charge is 0.315 e. The van der Waals surface area contributed by atoms with Gasteiger partial charge in [-0.1, -0.05) is 0 Å². The van der Waals surface area contributed by atoms with Crippen LogP contribution in [0.2, 0.25) is 0 Å². The highest BCUT2D eigenvalue weighted by atomic mass is 16.2. The Labute approximate surface area is 147 Å². The van der Waals surface area contributed by atoms with Crippen molar-refractivity contribution in [2.75, 3.05) is 11.4 Å². The molecule has 0 aromatic carbocycles. The molecule has 6 atom stereocenters. The number of piperidine rings is 1. The van der Waals surface area contributed by atoms with Crippen LogP contribution in [-0.4, -0.2) is 35.6 Å². The van der Waals surface area contributed by atoms with Gasteiger partial charge in [-0.15, -0.1) is 0 Å². The van der Waals surface area contributed by atoms with Gasteiger partial charge in [0.1, 0.15) is 6.04 Å². The molecule has 1 aliphatic heterocycles. The number of carbonyl (C=O) groups is 2. The zero-order valence-corrected chi connectivity index (χ0v) is 14.2. The molecule has 6 heteroatoms. The summed E-state index contributed by atoms with van der Waals surface area (Å²) in [5.41, 5.74) is 0.799. The fraction of sp³-hybridized carbons (Fsp3) is 0.632. The van der Waals surface area contributed by atoms with Crippen molar-refractivity contribution in [2.45, 2.75) is 44.2 Å². The number of anilines is 1. The van der Waals surface area contributed by atoms with Gasteiger partial charge in [0.2, 0.25) is 5.91 Å². The summed E-state index contributed by atoms with van der Waals surface area (Å²) < 4.78 is 0. The molecular weight excluding hydrogens is 316 g/mol. The van der Waals surface area contributed by atoms with Gasteiger partial charge in [-0.2, -0.15) is 0 Å². The second-order valence-corrected chi connectivity index (χ2v) is 8.03. The lowest BCUT2D eigenvalue weighted by molar-refractivity contribution is -0.121. The van der Waals surface area contributed by atoms with E-state index < -0.39 is 6.04 Å². The highest BCUT2D eigenvalue weighted by Gasteiger charge is 2.65. The molecule has 4 fully saturated rings. The van der Waals surface area contributed by atoms with Gasteiger partial charge in [-0.25, -0.2) is 4.79 Å². The molecule has 1 unspecified atom stereocenters. The maximum atomic E-state index is 12.7. The second kappa shape index (κ2) is 5.71. The largest absolute Gasteiger partial charge is 0.335 e. The Morgan fingerprint density at radius 3 is 2.68 bits per heavy atom. The quantitative estimate of drug-likeness (QED) is 0.883. The molecule has 4 aliphatic rings. The molecule has 3 amide bonds. The van der Waals surface area contributed by atoms with Crippen molar-refractivity contribution in [3.63, 3.8) is 0 Å². The predicted molar refractivity (Wildman–Crippen MR) is 92.9 cm³/mol. The molecule has 0 spiro atoms. The van der Waals surface area contributed by atoms with Crippen molar-refractivity contribution in [1.82, 2.24) is 15.6 Å². The molecule has 5 rings (SSSR count). The second-order valence-electron chi connectivity index (χ2n) is 8.03. The van der Waals surface area contributed by atoms with Crippen LogP contribution in [0, 0.1) is 23.7 Å². The van der Waals surface area contributed by atoms with Crippen molar-refractivity contribution in [3.8, 4) is 0 Å². The number of nitrogens with one attached hydrogen (secondary N) is 2. The van der Waals surface area contributed by atoms with Crippen LogP contribution >= 0.6 is 0 Å². The maximum absolute atomic E-state index is 12.7. The summed E-state index contributed by atoms with van der Waals surface area (Å²) in [6.07, 6.45) is 9.02. The standard InChI is InChI=1S/C19H24N4O2/c24-18-14(4-2-8-23(18)13-3-1-7-20-10-13)21-19(25)22-17-15-11-5-6-12(9-11)16(15)17/h1,3,7,10-12,14-17H,2,4-6,8-9H2,(H2,21,22,25)/t11-,12-,14+,15-,16+,17?/m0/s1. The maximum Gasteiger partial charge on any atom is 0.315 e. The fourth-order valence-electron chi connectivity index (χ4n) is 5.65. The summed E-state index contributed by atoms with van der Waals surface area (Å²) in [7, 11) is 0. The zero-order valence-electron chi connectivity index (χ0n) is 14.2. The van der Waals surface area contributed by atoms with Crippen molar-refractivity contribution in [3.05, 3.63) is 24.5 Å². The third kappa shape index (κ3) is 2.50. The summed E-state index contributed by atoms with van der Waals surface area (Å²) in [6, 6.07) is 3.44. The van der Waals surface area contributed by atoms with Gasteiger partial charge in [0.25, 0.3) is 0 Å². The van der Waals surface area contributed by atoms with E-state index in [1.165, 1.54) is 19.3 Å². The van der Waals surface area contributed by atoms with Crippen molar-refractivity contribution < 1.29 is 9.59 Å². The molecule has 2 N–H and O–H groups in total. The van der Waals surface area contributed by atoms with E-state index in [0.717, 1.165) is 23.9 Å². The molecule has 2 bridgehead atoms. The van der Waals surface area contributed by atoms with Crippen molar-refractivity contribution >= 4 is 17.6 Å². The third-order valence-corrected chi connectivity index (χ3v) is 6.73. The van der Waals surface area contributed by atoms with Crippen molar-refractivity contribution in [1.29, 1.82) is 0 Å². The number of hydrogen-bond acceptors (Lipinski definition) is 3. The van der Waals surface area contributed by atoms with Crippen LogP contribution in [-0.2, 0) is 4.79 Å². The van der Waals surface area contributed by atoms with E-state index in [-0.39, 0.29) is 11.9 Å². The molecule has 0 radical (unpaired) electrons. The predicted octanol–water partition coefficient (Wildman–Crippen LogP) is 1.92. The number of amides is 3. The van der Waals surface area contributed by atoms with Gasteiger partial charge < -0.3 is 15.5 Å². The summed E-state index contributed by atoms with van der Waals surface area (Å²) in [5, 5.41) is 6.06. The molecule has 6 nitrogen and oxygen atoms in total. The molecule has 2 heterocycles. The van der Waals surface area contributed by atoms with E-state index >= 15 is 0 Å². The fourth-order valence-corrected chi connectivity index (χ4v) is 5.65. The number of fused-ring (bicyclic) bond motifs is 5. The van der Waals surface area contributed by atoms with Crippen LogP contribution in [0.15, 0.2) is 24.5 Å². The van der Waals surface area contributed by atoms with E-state index in [0.29, 0.717) is 30.8 Å². The Kier molecular flexibility index (Phi) is 3.47. The Balaban J connectivity index is 1.19. The van der Waals surface area contributed by atoms with Crippen LogP contribution in [0.5, 0.6) is 0 Å². The van der Waals surface area contributed by atoms with Crippen molar-refractivity contribution in [2.24, 2.45) is 23.7 Å². The average molecular weight is 340 g/mol. The topological polar surface area (TPSA) is 74.3 Å². The van der Waals surface area contributed by atoms with E-state index in [4.69, 9.17) is 0 Å². The summed E-state index contributed by atoms with van der Waals surface area (Å²) in [4.78, 5) is 31.0. The van der Waals surface area contributed by atoms with Crippen LogP contribution in [0.4, 0.5) is 10.5 Å². The molecule has 1 aromatic heterocycles. The molecule has 1 saturated heterocycles. The van der Waals surface area contributed by atoms with Gasteiger partial charge in [0.15, 0.2) is 0 Å². The zero-order chi connectivity index (χ0) is 17.0. The first-order valence-electron chi connectivity index (χ1n) is 9.51. The highest BCUT2D eigenvalue weighted by Crippen LogP contribution is 2.65. The lowest BCUT2D eigenvalue weighted by Gasteiger charge is -2.32. The summed E-state index contributed by atoms with van der Waals surface area (Å²) >= 11 is 0. The number of aromatic nitrogens is 1. The SMILES string of the molecule is O=C(NC1[C@@H]2[C@H]3CC[C@@H](C3)[C@H]12)N[C@@H]1CCCN(c2cccnc2)C1=O. The van der Waals surface area contributed by atoms with Crippen LogP contribution < -0.4 is 15.5 Å². The number of carbonyl (C=O) groups excluding carboxylic acids is 2. The first-order chi connectivity index (χ1) is 12.2. The lowest BCUT2D eigenvalue weighted by atomic mass is 10.0. The van der Waals surface area contributed by atoms with Gasteiger partial charge >= 0.3 is 6.03 Å². The Hall–Kier alpha value is -2.11. The van der Waals surface area contributed by atoms with E-state index in [9.17, 15) is 9.59 Å². The molecule has 132 valence electrons. The Morgan fingerprint density at radius 2 is 1.96 bits per heavy atom. The van der Waals surface area contributed by atoms with Gasteiger partial charge in [-0.3, -0.25) is 9.78 Å². The molecule has 1 aromatic rings. The average Bonchev–Trinajstić information content (AvgIpc) is 3.01. The first-order valence-corrected chi connectivity index (χ1v) is 9.51. The van der Waals surface area contributed by atoms with Crippen LogP contribution in [0.3, 0.4) is 0 Å². The van der Waals surface area contributed by atoms with E-state index in [1.807, 2.05) is 12.1 Å². The minimum absolute atomic E-state index is 0.0366. The van der Waals surface area contributed by atoms with Crippen LogP contribution in [0.1, 0.15) is 32.1 Å². The van der Waals surface area contributed by atoms with E-state index in [1.54, 1.807) is 17.3 Å². The molecule has 3 aliphatic carbocycles. The summed E-state index contributed by atoms with van der Waals surface area (Å²) in [6.45, 7) is 0.681. The van der Waals surface area contributed by atoms with Gasteiger partial charge in [0, 0.05) is 18.8 Å². The highest BCUT2D eigenvalue weighted by molar-refractivity contribution is 5.99. The third-order valence-electron chi connectivity index (χ3n) is 6.73. The van der Waals surface area contributed by atoms with Gasteiger partial charge in [-0.05, 0) is 67.9 Å². The monoisotopic (exact) mass is 340 g/mol. The Bertz CT molecular complexity index is 678. The Morgan fingerprint density at radius 1 is 1.16 bits per heavy atom.